The van der Waals surface area contributed by atoms with Gasteiger partial charge in [0.1, 0.15) is 0 Å². The van der Waals surface area contributed by atoms with Crippen LogP contribution in [-0.2, 0) is 23.6 Å². The van der Waals surface area contributed by atoms with Crippen molar-refractivity contribution in [2.75, 3.05) is 12.4 Å². The van der Waals surface area contributed by atoms with Crippen molar-refractivity contribution in [3.63, 3.8) is 0 Å². The van der Waals surface area contributed by atoms with Crippen LogP contribution in [0.25, 0.3) is 0 Å². The first kappa shape index (κ1) is 14.6. The molecule has 0 saturated carbocycles. The normalized spacial score (nSPS) is 11.6. The Bertz CT molecular complexity index is 705. The largest absolute Gasteiger partial charge is 0.381 e. The smallest absolute Gasteiger partial charge is 0.240 e. The van der Waals surface area contributed by atoms with Crippen molar-refractivity contribution in [1.82, 2.24) is 9.29 Å². The van der Waals surface area contributed by atoms with Gasteiger partial charge in [0.15, 0.2) is 0 Å². The van der Waals surface area contributed by atoms with Crippen LogP contribution in [0.4, 0.5) is 5.69 Å². The molecule has 0 bridgehead atoms. The van der Waals surface area contributed by atoms with Crippen molar-refractivity contribution in [3.8, 4) is 0 Å². The van der Waals surface area contributed by atoms with Gasteiger partial charge in [0, 0.05) is 31.7 Å². The van der Waals surface area contributed by atoms with Gasteiger partial charge in [-0.25, -0.2) is 13.1 Å². The molecule has 0 saturated heterocycles. The van der Waals surface area contributed by atoms with E-state index in [1.54, 1.807) is 18.2 Å². The molecule has 0 spiro atoms. The molecule has 2 aromatic rings. The second kappa shape index (κ2) is 5.68. The summed E-state index contributed by atoms with van der Waals surface area (Å²) >= 11 is 0. The summed E-state index contributed by atoms with van der Waals surface area (Å²) in [7, 11) is -0.0343. The minimum absolute atomic E-state index is 0.265. The highest BCUT2D eigenvalue weighted by molar-refractivity contribution is 7.89. The van der Waals surface area contributed by atoms with Crippen molar-refractivity contribution in [3.05, 3.63) is 47.8 Å². The van der Waals surface area contributed by atoms with E-state index in [0.717, 1.165) is 16.8 Å². The summed E-state index contributed by atoms with van der Waals surface area (Å²) in [4.78, 5) is 0.265. The Morgan fingerprint density at radius 3 is 2.60 bits per heavy atom. The van der Waals surface area contributed by atoms with Gasteiger partial charge in [-0.1, -0.05) is 6.07 Å². The van der Waals surface area contributed by atoms with Crippen molar-refractivity contribution in [2.24, 2.45) is 7.05 Å². The zero-order valence-corrected chi connectivity index (χ0v) is 12.7. The molecule has 0 radical (unpaired) electrons. The number of nitrogens with one attached hydrogen (secondary N) is 2. The van der Waals surface area contributed by atoms with E-state index in [1.807, 2.05) is 37.0 Å². The van der Waals surface area contributed by atoms with Crippen LogP contribution in [0.5, 0.6) is 0 Å². The highest BCUT2D eigenvalue weighted by Crippen LogP contribution is 2.20. The van der Waals surface area contributed by atoms with E-state index in [-0.39, 0.29) is 4.90 Å². The summed E-state index contributed by atoms with van der Waals surface area (Å²) in [5.74, 6) is 0. The van der Waals surface area contributed by atoms with Crippen molar-refractivity contribution >= 4 is 15.7 Å². The van der Waals surface area contributed by atoms with Crippen LogP contribution in [0.3, 0.4) is 0 Å². The van der Waals surface area contributed by atoms with Gasteiger partial charge < -0.3 is 9.88 Å². The number of hydrogen-bond acceptors (Lipinski definition) is 3. The van der Waals surface area contributed by atoms with Crippen molar-refractivity contribution in [2.45, 2.75) is 18.4 Å². The second-order valence-corrected chi connectivity index (χ2v) is 6.61. The first-order valence-electron chi connectivity index (χ1n) is 6.31. The number of hydrogen-bond donors (Lipinski definition) is 2. The lowest BCUT2D eigenvalue weighted by molar-refractivity contribution is 0.588. The van der Waals surface area contributed by atoms with E-state index in [2.05, 4.69) is 10.0 Å². The number of nitrogens with zero attached hydrogens (tertiary/aromatic N) is 1. The summed E-state index contributed by atoms with van der Waals surface area (Å²) < 4.78 is 27.9. The zero-order chi connectivity index (χ0) is 14.8. The van der Waals surface area contributed by atoms with Gasteiger partial charge in [-0.05, 0) is 43.3 Å². The monoisotopic (exact) mass is 293 g/mol. The molecule has 2 N–H and O–H groups in total. The molecule has 0 aliphatic heterocycles. The zero-order valence-electron chi connectivity index (χ0n) is 11.8. The van der Waals surface area contributed by atoms with Gasteiger partial charge in [-0.15, -0.1) is 0 Å². The van der Waals surface area contributed by atoms with Crippen LogP contribution in [0.15, 0.2) is 41.6 Å². The molecule has 20 heavy (non-hydrogen) atoms. The Morgan fingerprint density at radius 1 is 1.25 bits per heavy atom. The van der Waals surface area contributed by atoms with Gasteiger partial charge >= 0.3 is 0 Å². The number of aromatic nitrogens is 1. The van der Waals surface area contributed by atoms with Gasteiger partial charge in [0.2, 0.25) is 10.0 Å². The number of benzene rings is 1. The molecule has 1 aromatic carbocycles. The molecule has 1 heterocycles. The highest BCUT2D eigenvalue weighted by atomic mass is 32.2. The quantitative estimate of drug-likeness (QED) is 0.884. The summed E-state index contributed by atoms with van der Waals surface area (Å²) in [6, 6.07) is 7.09. The number of aryl methyl sites for hydroxylation is 2. The van der Waals surface area contributed by atoms with Crippen LogP contribution in [0, 0.1) is 6.92 Å². The second-order valence-electron chi connectivity index (χ2n) is 4.72. The highest BCUT2D eigenvalue weighted by Gasteiger charge is 2.12. The molecular formula is C14H19N3O2S. The molecule has 0 fully saturated rings. The van der Waals surface area contributed by atoms with Gasteiger partial charge in [-0.2, -0.15) is 0 Å². The Balaban J connectivity index is 2.21. The van der Waals surface area contributed by atoms with E-state index in [4.69, 9.17) is 0 Å². The third-order valence-electron chi connectivity index (χ3n) is 3.16. The van der Waals surface area contributed by atoms with Crippen molar-refractivity contribution < 1.29 is 8.42 Å². The lowest BCUT2D eigenvalue weighted by atomic mass is 10.2. The molecular weight excluding hydrogens is 274 g/mol. The first-order valence-corrected chi connectivity index (χ1v) is 7.79. The summed E-state index contributed by atoms with van der Waals surface area (Å²) in [6.45, 7) is 2.60. The van der Waals surface area contributed by atoms with E-state index < -0.39 is 10.0 Å². The standard InChI is InChI=1S/C14H19N3O2S/c1-11-4-5-13(20(18,19)15-2)8-14(11)16-9-12-6-7-17(3)10-12/h4-8,10,15-16H,9H2,1-3H3. The topological polar surface area (TPSA) is 63.1 Å². The number of rotatable bonds is 5. The van der Waals surface area contributed by atoms with Crippen LogP contribution in [0.2, 0.25) is 0 Å². The fourth-order valence-corrected chi connectivity index (χ4v) is 2.70. The Kier molecular flexibility index (Phi) is 4.15. The molecule has 0 amide bonds. The first-order chi connectivity index (χ1) is 9.42. The van der Waals surface area contributed by atoms with E-state index in [1.165, 1.54) is 7.05 Å². The minimum Gasteiger partial charge on any atom is -0.381 e. The van der Waals surface area contributed by atoms with Gasteiger partial charge in [0.25, 0.3) is 0 Å². The predicted molar refractivity (Wildman–Crippen MR) is 80.2 cm³/mol. The van der Waals surface area contributed by atoms with Crippen LogP contribution < -0.4 is 10.0 Å². The van der Waals surface area contributed by atoms with Gasteiger partial charge in [-0.3, -0.25) is 0 Å². The van der Waals surface area contributed by atoms with E-state index in [0.29, 0.717) is 6.54 Å². The predicted octanol–water partition coefficient (Wildman–Crippen LogP) is 1.85. The molecule has 5 nitrogen and oxygen atoms in total. The number of sulfonamides is 1. The lowest BCUT2D eigenvalue weighted by Crippen LogP contribution is -2.18. The Morgan fingerprint density at radius 2 is 2.00 bits per heavy atom. The molecule has 108 valence electrons. The lowest BCUT2D eigenvalue weighted by Gasteiger charge is -2.11. The molecule has 2 rings (SSSR count). The molecule has 0 atom stereocenters. The summed E-state index contributed by atoms with van der Waals surface area (Å²) in [5.41, 5.74) is 2.98. The Hall–Kier alpha value is -1.79. The fraction of sp³-hybridized carbons (Fsp3) is 0.286. The maximum absolute atomic E-state index is 11.8. The van der Waals surface area contributed by atoms with E-state index in [9.17, 15) is 8.42 Å². The summed E-state index contributed by atoms with van der Waals surface area (Å²) in [5, 5.41) is 3.27. The third-order valence-corrected chi connectivity index (χ3v) is 4.58. The molecule has 0 aliphatic carbocycles. The van der Waals surface area contributed by atoms with Gasteiger partial charge in [0.05, 0.1) is 4.90 Å². The third kappa shape index (κ3) is 3.20. The maximum atomic E-state index is 11.8. The fourth-order valence-electron chi connectivity index (χ4n) is 1.94. The molecule has 1 aromatic heterocycles. The molecule has 0 aliphatic rings. The SMILES string of the molecule is CNS(=O)(=O)c1ccc(C)c(NCc2ccn(C)c2)c1. The van der Waals surface area contributed by atoms with Crippen molar-refractivity contribution in [1.29, 1.82) is 0 Å². The average molecular weight is 293 g/mol. The maximum Gasteiger partial charge on any atom is 0.240 e. The minimum atomic E-state index is -3.41. The average Bonchev–Trinajstić information content (AvgIpc) is 2.83. The molecule has 6 heteroatoms. The van der Waals surface area contributed by atoms with Crippen LogP contribution in [-0.4, -0.2) is 20.0 Å². The number of anilines is 1. The van der Waals surface area contributed by atoms with Crippen LogP contribution in [0.1, 0.15) is 11.1 Å². The Labute approximate surface area is 119 Å². The summed E-state index contributed by atoms with van der Waals surface area (Å²) in [6.07, 6.45) is 4.00. The van der Waals surface area contributed by atoms with E-state index >= 15 is 0 Å². The molecule has 0 unspecified atom stereocenters. The van der Waals surface area contributed by atoms with Crippen LogP contribution >= 0.6 is 0 Å².